The molecule has 5 nitrogen and oxygen atoms in total. The van der Waals surface area contributed by atoms with Crippen molar-refractivity contribution < 1.29 is 13.2 Å². The summed E-state index contributed by atoms with van der Waals surface area (Å²) in [6, 6.07) is 4.50. The van der Waals surface area contributed by atoms with Gasteiger partial charge in [0.1, 0.15) is 0 Å². The summed E-state index contributed by atoms with van der Waals surface area (Å²) in [5.74, 6) is -0.234. The van der Waals surface area contributed by atoms with Crippen molar-refractivity contribution in [3.63, 3.8) is 0 Å². The minimum atomic E-state index is -3.39. The molecule has 2 N–H and O–H groups in total. The van der Waals surface area contributed by atoms with Gasteiger partial charge in [0.15, 0.2) is 0 Å². The van der Waals surface area contributed by atoms with Gasteiger partial charge in [-0.25, -0.2) is 8.42 Å². The summed E-state index contributed by atoms with van der Waals surface area (Å²) in [5, 5.41) is 2.99. The van der Waals surface area contributed by atoms with Gasteiger partial charge in [-0.3, -0.25) is 9.52 Å². The van der Waals surface area contributed by atoms with Crippen LogP contribution in [0.25, 0.3) is 0 Å². The zero-order valence-electron chi connectivity index (χ0n) is 11.0. The molecule has 1 aromatic carbocycles. The number of halogens is 1. The minimum Gasteiger partial charge on any atom is -0.350 e. The third-order valence-corrected chi connectivity index (χ3v) is 3.42. The molecule has 0 bridgehead atoms. The monoisotopic (exact) mass is 304 g/mol. The standard InChI is InChI=1S/C12H17ClN2O3S/c1-4-8(2)14-12(16)9-5-6-11(10(13)7-9)15-19(3,17)18/h5-8,15H,4H2,1-3H3,(H,14,16)/t8-/m0/s1. The molecule has 1 atom stereocenters. The van der Waals surface area contributed by atoms with E-state index in [0.29, 0.717) is 5.56 Å². The Hall–Kier alpha value is -1.27. The van der Waals surface area contributed by atoms with E-state index in [1.165, 1.54) is 18.2 Å². The summed E-state index contributed by atoms with van der Waals surface area (Å²) in [7, 11) is -3.39. The van der Waals surface area contributed by atoms with Crippen molar-refractivity contribution >= 4 is 33.2 Å². The van der Waals surface area contributed by atoms with Crippen LogP contribution in [0.4, 0.5) is 5.69 Å². The number of carbonyl (C=O) groups excluding carboxylic acids is 1. The molecule has 0 heterocycles. The zero-order chi connectivity index (χ0) is 14.6. The van der Waals surface area contributed by atoms with E-state index in [2.05, 4.69) is 10.0 Å². The molecule has 1 aromatic rings. The van der Waals surface area contributed by atoms with Crippen LogP contribution in [-0.4, -0.2) is 26.6 Å². The lowest BCUT2D eigenvalue weighted by molar-refractivity contribution is 0.0939. The number of rotatable bonds is 5. The summed E-state index contributed by atoms with van der Waals surface area (Å²) in [4.78, 5) is 11.9. The van der Waals surface area contributed by atoms with Crippen LogP contribution in [0.15, 0.2) is 18.2 Å². The van der Waals surface area contributed by atoms with Crippen LogP contribution in [0.1, 0.15) is 30.6 Å². The lowest BCUT2D eigenvalue weighted by Crippen LogP contribution is -2.31. The van der Waals surface area contributed by atoms with Crippen LogP contribution in [0.3, 0.4) is 0 Å². The second-order valence-electron chi connectivity index (χ2n) is 4.35. The molecule has 0 radical (unpaired) electrons. The highest BCUT2D eigenvalue weighted by Crippen LogP contribution is 2.23. The van der Waals surface area contributed by atoms with Crippen LogP contribution < -0.4 is 10.0 Å². The van der Waals surface area contributed by atoms with Crippen LogP contribution in [0, 0.1) is 0 Å². The zero-order valence-corrected chi connectivity index (χ0v) is 12.6. The first-order chi connectivity index (χ1) is 8.73. The van der Waals surface area contributed by atoms with Crippen molar-refractivity contribution in [3.8, 4) is 0 Å². The molecule has 0 aliphatic rings. The second kappa shape index (κ2) is 6.25. The Bertz CT molecular complexity index is 572. The van der Waals surface area contributed by atoms with Crippen molar-refractivity contribution in [1.82, 2.24) is 5.32 Å². The quantitative estimate of drug-likeness (QED) is 0.876. The van der Waals surface area contributed by atoms with E-state index in [4.69, 9.17) is 11.6 Å². The predicted octanol–water partition coefficient (Wildman–Crippen LogP) is 2.24. The average molecular weight is 305 g/mol. The van der Waals surface area contributed by atoms with Gasteiger partial charge in [-0.2, -0.15) is 0 Å². The first-order valence-electron chi connectivity index (χ1n) is 5.81. The predicted molar refractivity (Wildman–Crippen MR) is 77.1 cm³/mol. The number of anilines is 1. The van der Waals surface area contributed by atoms with E-state index in [1.807, 2.05) is 13.8 Å². The second-order valence-corrected chi connectivity index (χ2v) is 6.51. The molecule has 0 aromatic heterocycles. The molecular weight excluding hydrogens is 288 g/mol. The van der Waals surface area contributed by atoms with Gasteiger partial charge < -0.3 is 5.32 Å². The maximum Gasteiger partial charge on any atom is 0.251 e. The molecule has 106 valence electrons. The Balaban J connectivity index is 2.91. The van der Waals surface area contributed by atoms with Crippen molar-refractivity contribution in [3.05, 3.63) is 28.8 Å². The molecule has 0 saturated carbocycles. The van der Waals surface area contributed by atoms with Crippen LogP contribution >= 0.6 is 11.6 Å². The summed E-state index contributed by atoms with van der Waals surface area (Å²) in [5.41, 5.74) is 0.647. The molecule has 0 aliphatic heterocycles. The van der Waals surface area contributed by atoms with E-state index in [9.17, 15) is 13.2 Å². The fourth-order valence-corrected chi connectivity index (χ4v) is 2.21. The SMILES string of the molecule is CC[C@H](C)NC(=O)c1ccc(NS(C)(=O)=O)c(Cl)c1. The smallest absolute Gasteiger partial charge is 0.251 e. The van der Waals surface area contributed by atoms with Gasteiger partial charge in [0.2, 0.25) is 10.0 Å². The molecule has 0 unspecified atom stereocenters. The van der Waals surface area contributed by atoms with E-state index in [-0.39, 0.29) is 22.7 Å². The fourth-order valence-electron chi connectivity index (χ4n) is 1.35. The highest BCUT2D eigenvalue weighted by atomic mass is 35.5. The van der Waals surface area contributed by atoms with Gasteiger partial charge in [-0.05, 0) is 31.5 Å². The van der Waals surface area contributed by atoms with Crippen molar-refractivity contribution in [2.45, 2.75) is 26.3 Å². The van der Waals surface area contributed by atoms with Crippen molar-refractivity contribution in [1.29, 1.82) is 0 Å². The van der Waals surface area contributed by atoms with E-state index in [1.54, 1.807) is 0 Å². The van der Waals surface area contributed by atoms with Crippen molar-refractivity contribution in [2.75, 3.05) is 11.0 Å². The maximum absolute atomic E-state index is 11.9. The van der Waals surface area contributed by atoms with E-state index < -0.39 is 10.0 Å². The van der Waals surface area contributed by atoms with Crippen LogP contribution in [0.5, 0.6) is 0 Å². The number of hydrogen-bond acceptors (Lipinski definition) is 3. The lowest BCUT2D eigenvalue weighted by atomic mass is 10.1. The Morgan fingerprint density at radius 2 is 2.05 bits per heavy atom. The first kappa shape index (κ1) is 15.8. The normalized spacial score (nSPS) is 12.8. The Labute approximate surface area is 118 Å². The van der Waals surface area contributed by atoms with Crippen molar-refractivity contribution in [2.24, 2.45) is 0 Å². The highest BCUT2D eigenvalue weighted by Gasteiger charge is 2.12. The molecule has 0 fully saturated rings. The third kappa shape index (κ3) is 5.08. The first-order valence-corrected chi connectivity index (χ1v) is 8.08. The van der Waals surface area contributed by atoms with Gasteiger partial charge in [0, 0.05) is 11.6 Å². The number of amides is 1. The summed E-state index contributed by atoms with van der Waals surface area (Å²) < 4.78 is 24.5. The largest absolute Gasteiger partial charge is 0.350 e. The van der Waals surface area contributed by atoms with E-state index >= 15 is 0 Å². The Morgan fingerprint density at radius 1 is 1.42 bits per heavy atom. The van der Waals surface area contributed by atoms with Gasteiger partial charge >= 0.3 is 0 Å². The maximum atomic E-state index is 11.9. The molecule has 0 saturated heterocycles. The molecule has 1 rings (SSSR count). The Morgan fingerprint density at radius 3 is 2.53 bits per heavy atom. The number of carbonyl (C=O) groups is 1. The van der Waals surface area contributed by atoms with Gasteiger partial charge in [-0.1, -0.05) is 18.5 Å². The summed E-state index contributed by atoms with van der Waals surface area (Å²) >= 11 is 5.94. The third-order valence-electron chi connectivity index (χ3n) is 2.52. The lowest BCUT2D eigenvalue weighted by Gasteiger charge is -2.12. The number of nitrogens with one attached hydrogen (secondary N) is 2. The molecule has 0 aliphatic carbocycles. The average Bonchev–Trinajstić information content (AvgIpc) is 2.29. The summed E-state index contributed by atoms with van der Waals surface area (Å²) in [6.45, 7) is 3.87. The molecule has 0 spiro atoms. The van der Waals surface area contributed by atoms with E-state index in [0.717, 1.165) is 12.7 Å². The topological polar surface area (TPSA) is 75.3 Å². The number of hydrogen-bond donors (Lipinski definition) is 2. The van der Waals surface area contributed by atoms with Crippen LogP contribution in [0.2, 0.25) is 5.02 Å². The fraction of sp³-hybridized carbons (Fsp3) is 0.417. The van der Waals surface area contributed by atoms with Gasteiger partial charge in [-0.15, -0.1) is 0 Å². The number of benzene rings is 1. The molecule has 19 heavy (non-hydrogen) atoms. The molecule has 7 heteroatoms. The van der Waals surface area contributed by atoms with Gasteiger partial charge in [0.05, 0.1) is 17.0 Å². The summed E-state index contributed by atoms with van der Waals surface area (Å²) in [6.07, 6.45) is 1.86. The molecule has 1 amide bonds. The molecular formula is C12H17ClN2O3S. The minimum absolute atomic E-state index is 0.0695. The highest BCUT2D eigenvalue weighted by molar-refractivity contribution is 7.92. The van der Waals surface area contributed by atoms with Crippen LogP contribution in [-0.2, 0) is 10.0 Å². The van der Waals surface area contributed by atoms with Gasteiger partial charge in [0.25, 0.3) is 5.91 Å². The Kier molecular flexibility index (Phi) is 5.20. The number of sulfonamides is 1.